The fraction of sp³-hybridized carbons (Fsp3) is 0.789. The van der Waals surface area contributed by atoms with Crippen molar-refractivity contribution >= 4 is 46.1 Å². The molecule has 29 heavy (non-hydrogen) atoms. The molecular weight excluding hydrogens is 404 g/mol. The van der Waals surface area contributed by atoms with E-state index >= 15 is 0 Å². The van der Waals surface area contributed by atoms with Gasteiger partial charge in [-0.3, -0.25) is 10.9 Å². The first-order valence-electron chi connectivity index (χ1n) is 10.5. The molecule has 0 fully saturated rings. The average Bonchev–Trinajstić information content (AvgIpc) is 2.73. The largest absolute Gasteiger partial charge is 0.360 e. The maximum Gasteiger partial charge on any atom is 0.187 e. The van der Waals surface area contributed by atoms with Gasteiger partial charge in [0.25, 0.3) is 0 Å². The number of likely N-dealkylation sites (N-methyl/N-ethyl adjacent to an activating group) is 2. The van der Waals surface area contributed by atoms with Crippen molar-refractivity contribution in [3.63, 3.8) is 0 Å². The van der Waals surface area contributed by atoms with E-state index < -0.39 is 0 Å². The minimum Gasteiger partial charge on any atom is -0.360 e. The van der Waals surface area contributed by atoms with Gasteiger partial charge in [0.15, 0.2) is 10.2 Å². The molecule has 0 rings (SSSR count). The first-order valence-corrected chi connectivity index (χ1v) is 11.4. The molecular formula is C19H40N8S2. The zero-order valence-corrected chi connectivity index (χ0v) is 20.6. The third-order valence-electron chi connectivity index (χ3n) is 4.59. The SMILES string of the molecule is CCC(=N\NC(=S)NCCN(CC)CC)/C(C)=N\NC(=S)NCCN(CC)CC. The van der Waals surface area contributed by atoms with Gasteiger partial charge in [-0.2, -0.15) is 10.2 Å². The summed E-state index contributed by atoms with van der Waals surface area (Å²) in [5, 5.41) is 16.1. The van der Waals surface area contributed by atoms with Gasteiger partial charge in [-0.05, 0) is 64.0 Å². The summed E-state index contributed by atoms with van der Waals surface area (Å²) in [4.78, 5) is 4.66. The summed E-state index contributed by atoms with van der Waals surface area (Å²) in [6.45, 7) is 20.1. The van der Waals surface area contributed by atoms with Gasteiger partial charge in [0.1, 0.15) is 0 Å². The lowest BCUT2D eigenvalue weighted by atomic mass is 10.2. The molecule has 0 unspecified atom stereocenters. The van der Waals surface area contributed by atoms with Crippen molar-refractivity contribution in [1.29, 1.82) is 0 Å². The molecule has 8 nitrogen and oxygen atoms in total. The Morgan fingerprint density at radius 1 is 0.724 bits per heavy atom. The van der Waals surface area contributed by atoms with Crippen LogP contribution in [0.15, 0.2) is 10.2 Å². The molecule has 0 heterocycles. The Balaban J connectivity index is 4.38. The summed E-state index contributed by atoms with van der Waals surface area (Å²) in [6, 6.07) is 0. The lowest BCUT2D eigenvalue weighted by molar-refractivity contribution is 0.308. The number of nitrogens with zero attached hydrogens (tertiary/aromatic N) is 4. The van der Waals surface area contributed by atoms with Crippen LogP contribution in [-0.2, 0) is 0 Å². The molecule has 0 radical (unpaired) electrons. The molecule has 0 aromatic rings. The second-order valence-electron chi connectivity index (χ2n) is 6.40. The number of hydrazone groups is 2. The quantitative estimate of drug-likeness (QED) is 0.183. The molecule has 0 atom stereocenters. The Bertz CT molecular complexity index is 528. The van der Waals surface area contributed by atoms with E-state index in [4.69, 9.17) is 24.4 Å². The van der Waals surface area contributed by atoms with E-state index in [0.717, 1.165) is 70.2 Å². The van der Waals surface area contributed by atoms with Crippen LogP contribution in [0, 0.1) is 0 Å². The van der Waals surface area contributed by atoms with Gasteiger partial charge in [0.05, 0.1) is 11.4 Å². The number of hydrogen-bond acceptors (Lipinski definition) is 6. The zero-order chi connectivity index (χ0) is 22.1. The first-order chi connectivity index (χ1) is 13.9. The maximum atomic E-state index is 5.29. The Morgan fingerprint density at radius 3 is 1.52 bits per heavy atom. The second kappa shape index (κ2) is 17.5. The van der Waals surface area contributed by atoms with Gasteiger partial charge in [-0.15, -0.1) is 0 Å². The van der Waals surface area contributed by atoms with Gasteiger partial charge >= 0.3 is 0 Å². The normalized spacial score (nSPS) is 12.3. The molecule has 0 amide bonds. The highest BCUT2D eigenvalue weighted by Gasteiger charge is 2.04. The molecule has 10 heteroatoms. The second-order valence-corrected chi connectivity index (χ2v) is 7.21. The van der Waals surface area contributed by atoms with Gasteiger partial charge in [-0.1, -0.05) is 34.6 Å². The van der Waals surface area contributed by atoms with Crippen LogP contribution < -0.4 is 21.5 Å². The van der Waals surface area contributed by atoms with E-state index in [1.807, 2.05) is 13.8 Å². The number of hydrogen-bond donors (Lipinski definition) is 4. The topological polar surface area (TPSA) is 79.3 Å². The number of rotatable bonds is 14. The Hall–Kier alpha value is -1.36. The predicted octanol–water partition coefficient (Wildman–Crippen LogP) is 1.74. The van der Waals surface area contributed by atoms with Crippen LogP contribution in [0.25, 0.3) is 0 Å². The number of nitrogens with one attached hydrogen (secondary N) is 4. The van der Waals surface area contributed by atoms with Crippen molar-refractivity contribution in [3.05, 3.63) is 0 Å². The Labute approximate surface area is 187 Å². The minimum absolute atomic E-state index is 0.508. The molecule has 168 valence electrons. The summed E-state index contributed by atoms with van der Waals surface area (Å²) in [7, 11) is 0. The molecule has 0 aromatic carbocycles. The van der Waals surface area contributed by atoms with Crippen molar-refractivity contribution in [1.82, 2.24) is 31.3 Å². The molecule has 0 spiro atoms. The van der Waals surface area contributed by atoms with Crippen LogP contribution in [0.2, 0.25) is 0 Å². The minimum atomic E-state index is 0.508. The molecule has 0 aliphatic carbocycles. The average molecular weight is 445 g/mol. The number of thiocarbonyl (C=S) groups is 2. The summed E-state index contributed by atoms with van der Waals surface area (Å²) < 4.78 is 0. The van der Waals surface area contributed by atoms with Crippen molar-refractivity contribution in [2.45, 2.75) is 48.0 Å². The van der Waals surface area contributed by atoms with Crippen LogP contribution in [0.3, 0.4) is 0 Å². The standard InChI is InChI=1S/C19H40N8S2/c1-7-17(23-25-19(29)21-13-15-27(10-4)11-5)16(6)22-24-18(28)20-12-14-26(8-2)9-3/h7-15H2,1-6H3,(H2,20,24,28)(H2,21,25,29)/b22-16-,23-17+. The first kappa shape index (κ1) is 27.6. The fourth-order valence-corrected chi connectivity index (χ4v) is 2.84. The molecule has 0 aliphatic heterocycles. The van der Waals surface area contributed by atoms with Crippen molar-refractivity contribution in [2.24, 2.45) is 10.2 Å². The van der Waals surface area contributed by atoms with Crippen LogP contribution in [-0.4, -0.2) is 83.8 Å². The highest BCUT2D eigenvalue weighted by Crippen LogP contribution is 1.90. The van der Waals surface area contributed by atoms with E-state index in [9.17, 15) is 0 Å². The highest BCUT2D eigenvalue weighted by molar-refractivity contribution is 7.80. The van der Waals surface area contributed by atoms with Crippen LogP contribution in [0.1, 0.15) is 48.0 Å². The third kappa shape index (κ3) is 13.5. The molecule has 0 aromatic heterocycles. The summed E-state index contributed by atoms with van der Waals surface area (Å²) >= 11 is 10.6. The smallest absolute Gasteiger partial charge is 0.187 e. The van der Waals surface area contributed by atoms with Gasteiger partial charge in [0.2, 0.25) is 0 Å². The van der Waals surface area contributed by atoms with Gasteiger partial charge in [-0.25, -0.2) is 0 Å². The fourth-order valence-electron chi connectivity index (χ4n) is 2.55. The van der Waals surface area contributed by atoms with Crippen molar-refractivity contribution in [3.8, 4) is 0 Å². The van der Waals surface area contributed by atoms with Crippen LogP contribution in [0.4, 0.5) is 0 Å². The lowest BCUT2D eigenvalue weighted by Crippen LogP contribution is -2.39. The van der Waals surface area contributed by atoms with Crippen molar-refractivity contribution in [2.75, 3.05) is 52.4 Å². The Kier molecular flexibility index (Phi) is 16.7. The Morgan fingerprint density at radius 2 is 1.14 bits per heavy atom. The van der Waals surface area contributed by atoms with Gasteiger partial charge in [0, 0.05) is 26.2 Å². The zero-order valence-electron chi connectivity index (χ0n) is 19.0. The van der Waals surface area contributed by atoms with E-state index in [2.05, 4.69) is 69.2 Å². The van der Waals surface area contributed by atoms with E-state index in [0.29, 0.717) is 10.2 Å². The van der Waals surface area contributed by atoms with Crippen LogP contribution in [0.5, 0.6) is 0 Å². The predicted molar refractivity (Wildman–Crippen MR) is 134 cm³/mol. The van der Waals surface area contributed by atoms with E-state index in [1.54, 1.807) is 0 Å². The van der Waals surface area contributed by atoms with E-state index in [-0.39, 0.29) is 0 Å². The molecule has 0 saturated heterocycles. The highest BCUT2D eigenvalue weighted by atomic mass is 32.1. The third-order valence-corrected chi connectivity index (χ3v) is 5.06. The molecule has 0 bridgehead atoms. The monoisotopic (exact) mass is 444 g/mol. The molecule has 0 saturated carbocycles. The van der Waals surface area contributed by atoms with Crippen molar-refractivity contribution < 1.29 is 0 Å². The molecule has 0 aliphatic rings. The maximum absolute atomic E-state index is 5.29. The summed E-state index contributed by atoms with van der Waals surface area (Å²) in [5.41, 5.74) is 7.36. The summed E-state index contributed by atoms with van der Waals surface area (Å²) in [5.74, 6) is 0. The summed E-state index contributed by atoms with van der Waals surface area (Å²) in [6.07, 6.45) is 0.730. The van der Waals surface area contributed by atoms with Gasteiger partial charge < -0.3 is 20.4 Å². The molecule has 4 N–H and O–H groups in total. The van der Waals surface area contributed by atoms with Crippen LogP contribution >= 0.6 is 24.4 Å². The van der Waals surface area contributed by atoms with E-state index in [1.165, 1.54) is 0 Å². The lowest BCUT2D eigenvalue weighted by Gasteiger charge is -2.18.